The molecule has 1 aromatic rings. The van der Waals surface area contributed by atoms with E-state index in [0.717, 1.165) is 37.7 Å². The van der Waals surface area contributed by atoms with Crippen LogP contribution in [-0.4, -0.2) is 34.5 Å². The molecule has 0 amide bonds. The number of rotatable bonds is 7. The fourth-order valence-corrected chi connectivity index (χ4v) is 5.22. The number of allylic oxidation sites excluding steroid dienone is 1. The maximum Gasteiger partial charge on any atom is 0.335 e. The summed E-state index contributed by atoms with van der Waals surface area (Å²) < 4.78 is 6.16. The standard InChI is InChI=1S/C24H30O4/c25-21(17-7-1-2-8-17)12-11-20-19(22-13-14-23(20)28-22)10-4-6-16-5-3-9-18(15-16)24(26)27/h3-6,9,11-12,15,17,19-23,25H,1-2,7-8,10,13-14H2,(H,26,27)/t19-,20+,21?,22-,23+/m1/s1. The minimum atomic E-state index is -0.900. The third kappa shape index (κ3) is 4.23. The summed E-state index contributed by atoms with van der Waals surface area (Å²) in [5.41, 5.74) is 1.22. The van der Waals surface area contributed by atoms with Gasteiger partial charge in [0.15, 0.2) is 0 Å². The molecule has 2 aliphatic heterocycles. The molecule has 2 N–H and O–H groups in total. The second kappa shape index (κ2) is 8.62. The number of carboxylic acids is 1. The van der Waals surface area contributed by atoms with Crippen LogP contribution in [0.25, 0.3) is 6.08 Å². The lowest BCUT2D eigenvalue weighted by Gasteiger charge is -2.25. The molecule has 28 heavy (non-hydrogen) atoms. The Morgan fingerprint density at radius 3 is 2.75 bits per heavy atom. The first-order valence-electron chi connectivity index (χ1n) is 10.6. The fraction of sp³-hybridized carbons (Fsp3) is 0.542. The first-order valence-corrected chi connectivity index (χ1v) is 10.6. The van der Waals surface area contributed by atoms with Gasteiger partial charge in [-0.2, -0.15) is 0 Å². The molecule has 1 aliphatic carbocycles. The van der Waals surface area contributed by atoms with E-state index in [0.29, 0.717) is 29.4 Å². The lowest BCUT2D eigenvalue weighted by atomic mass is 9.77. The number of ether oxygens (including phenoxy) is 1. The molecule has 2 bridgehead atoms. The van der Waals surface area contributed by atoms with Gasteiger partial charge in [-0.15, -0.1) is 0 Å². The van der Waals surface area contributed by atoms with Gasteiger partial charge in [0, 0.05) is 5.92 Å². The van der Waals surface area contributed by atoms with E-state index < -0.39 is 5.97 Å². The lowest BCUT2D eigenvalue weighted by Crippen LogP contribution is -2.26. The third-order valence-corrected chi connectivity index (χ3v) is 6.75. The Hall–Kier alpha value is -1.91. The Morgan fingerprint density at radius 1 is 1.18 bits per heavy atom. The van der Waals surface area contributed by atoms with Crippen molar-refractivity contribution in [2.75, 3.05) is 0 Å². The van der Waals surface area contributed by atoms with Gasteiger partial charge in [-0.25, -0.2) is 4.79 Å². The van der Waals surface area contributed by atoms with Crippen molar-refractivity contribution in [3.8, 4) is 0 Å². The van der Waals surface area contributed by atoms with Crippen molar-refractivity contribution in [1.82, 2.24) is 0 Å². The van der Waals surface area contributed by atoms with E-state index in [2.05, 4.69) is 12.2 Å². The van der Waals surface area contributed by atoms with Crippen LogP contribution in [0.2, 0.25) is 0 Å². The summed E-state index contributed by atoms with van der Waals surface area (Å²) in [7, 11) is 0. The van der Waals surface area contributed by atoms with Crippen molar-refractivity contribution in [2.24, 2.45) is 17.8 Å². The monoisotopic (exact) mass is 382 g/mol. The number of hydrogen-bond donors (Lipinski definition) is 2. The highest BCUT2D eigenvalue weighted by molar-refractivity contribution is 5.88. The summed E-state index contributed by atoms with van der Waals surface area (Å²) in [6.45, 7) is 0. The number of hydrogen-bond acceptors (Lipinski definition) is 3. The van der Waals surface area contributed by atoms with E-state index in [-0.39, 0.29) is 12.2 Å². The van der Waals surface area contributed by atoms with Crippen molar-refractivity contribution in [3.05, 3.63) is 53.6 Å². The molecule has 4 heteroatoms. The average molecular weight is 383 g/mol. The molecular weight excluding hydrogens is 352 g/mol. The Balaban J connectivity index is 1.39. The molecular formula is C24H30O4. The summed E-state index contributed by atoms with van der Waals surface area (Å²) >= 11 is 0. The molecule has 3 aliphatic rings. The first kappa shape index (κ1) is 19.4. The summed E-state index contributed by atoms with van der Waals surface area (Å²) in [6.07, 6.45) is 16.6. The van der Waals surface area contributed by atoms with Crippen LogP contribution in [0.15, 0.2) is 42.5 Å². The van der Waals surface area contributed by atoms with Crippen LogP contribution in [0, 0.1) is 17.8 Å². The van der Waals surface area contributed by atoms with E-state index in [1.807, 2.05) is 18.2 Å². The molecule has 5 atom stereocenters. The van der Waals surface area contributed by atoms with Crippen molar-refractivity contribution in [2.45, 2.75) is 63.3 Å². The lowest BCUT2D eigenvalue weighted by molar-refractivity contribution is 0.0696. The molecule has 3 fully saturated rings. The van der Waals surface area contributed by atoms with Crippen molar-refractivity contribution < 1.29 is 19.7 Å². The molecule has 2 heterocycles. The normalized spacial score (nSPS) is 31.3. The van der Waals surface area contributed by atoms with Crippen LogP contribution in [0.5, 0.6) is 0 Å². The predicted molar refractivity (Wildman–Crippen MR) is 109 cm³/mol. The number of carboxylic acid groups (broad SMARTS) is 1. The van der Waals surface area contributed by atoms with E-state index in [1.165, 1.54) is 12.8 Å². The number of fused-ring (bicyclic) bond motifs is 2. The topological polar surface area (TPSA) is 66.8 Å². The zero-order chi connectivity index (χ0) is 19.5. The number of aliphatic hydroxyl groups is 1. The Labute approximate surface area is 166 Å². The number of aliphatic hydroxyl groups excluding tert-OH is 1. The zero-order valence-corrected chi connectivity index (χ0v) is 16.2. The van der Waals surface area contributed by atoms with Crippen molar-refractivity contribution in [3.63, 3.8) is 0 Å². The van der Waals surface area contributed by atoms with Crippen LogP contribution in [0.4, 0.5) is 0 Å². The Bertz CT molecular complexity index is 747. The van der Waals surface area contributed by atoms with Crippen molar-refractivity contribution >= 4 is 12.0 Å². The first-order chi connectivity index (χ1) is 13.6. The Morgan fingerprint density at radius 2 is 1.96 bits per heavy atom. The highest BCUT2D eigenvalue weighted by Crippen LogP contribution is 2.46. The summed E-state index contributed by atoms with van der Waals surface area (Å²) in [6, 6.07) is 7.01. The van der Waals surface area contributed by atoms with Crippen LogP contribution in [0.3, 0.4) is 0 Å². The van der Waals surface area contributed by atoms with E-state index in [9.17, 15) is 9.90 Å². The van der Waals surface area contributed by atoms with Gasteiger partial charge in [-0.3, -0.25) is 0 Å². The van der Waals surface area contributed by atoms with Gasteiger partial charge in [-0.05, 0) is 61.6 Å². The fourth-order valence-electron chi connectivity index (χ4n) is 5.22. The molecule has 0 radical (unpaired) electrons. The molecule has 1 saturated carbocycles. The van der Waals surface area contributed by atoms with Gasteiger partial charge in [0.1, 0.15) is 0 Å². The van der Waals surface area contributed by atoms with Gasteiger partial charge in [-0.1, -0.05) is 49.3 Å². The maximum absolute atomic E-state index is 11.1. The second-order valence-electron chi connectivity index (χ2n) is 8.52. The smallest absolute Gasteiger partial charge is 0.335 e. The number of aromatic carboxylic acids is 1. The van der Waals surface area contributed by atoms with E-state index in [1.54, 1.807) is 18.2 Å². The van der Waals surface area contributed by atoms with Crippen LogP contribution < -0.4 is 0 Å². The molecule has 4 rings (SSSR count). The molecule has 0 spiro atoms. The maximum atomic E-state index is 11.1. The Kier molecular flexibility index (Phi) is 5.98. The second-order valence-corrected chi connectivity index (χ2v) is 8.52. The van der Waals surface area contributed by atoms with Gasteiger partial charge < -0.3 is 14.9 Å². The largest absolute Gasteiger partial charge is 0.478 e. The molecule has 0 aromatic heterocycles. The SMILES string of the molecule is O=C(O)c1cccc(C=CC[C@@H]2[C@H](C=CC(O)C3CCCC3)[C@@H]3CC[C@H]2O3)c1. The summed E-state index contributed by atoms with van der Waals surface area (Å²) in [4.78, 5) is 11.1. The summed E-state index contributed by atoms with van der Waals surface area (Å²) in [5, 5.41) is 19.6. The average Bonchev–Trinajstić information content (AvgIpc) is 3.44. The zero-order valence-electron chi connectivity index (χ0n) is 16.2. The van der Waals surface area contributed by atoms with E-state index in [4.69, 9.17) is 9.84 Å². The molecule has 150 valence electrons. The molecule has 1 aromatic carbocycles. The third-order valence-electron chi connectivity index (χ3n) is 6.75. The molecule has 1 unspecified atom stereocenters. The van der Waals surface area contributed by atoms with Crippen LogP contribution >= 0.6 is 0 Å². The number of benzene rings is 1. The molecule has 4 nitrogen and oxygen atoms in total. The quantitative estimate of drug-likeness (QED) is 0.672. The van der Waals surface area contributed by atoms with Gasteiger partial charge >= 0.3 is 5.97 Å². The van der Waals surface area contributed by atoms with Gasteiger partial charge in [0.2, 0.25) is 0 Å². The van der Waals surface area contributed by atoms with Crippen LogP contribution in [0.1, 0.15) is 60.9 Å². The predicted octanol–water partition coefficient (Wildman–Crippen LogP) is 4.69. The molecule has 2 saturated heterocycles. The van der Waals surface area contributed by atoms with E-state index >= 15 is 0 Å². The van der Waals surface area contributed by atoms with Gasteiger partial charge in [0.25, 0.3) is 0 Å². The minimum absolute atomic E-state index is 0.283. The highest BCUT2D eigenvalue weighted by atomic mass is 16.5. The highest BCUT2D eigenvalue weighted by Gasteiger charge is 2.46. The van der Waals surface area contributed by atoms with Gasteiger partial charge in [0.05, 0.1) is 23.9 Å². The van der Waals surface area contributed by atoms with Crippen LogP contribution in [-0.2, 0) is 4.74 Å². The summed E-state index contributed by atoms with van der Waals surface area (Å²) in [5.74, 6) is 0.327. The van der Waals surface area contributed by atoms with Crippen molar-refractivity contribution in [1.29, 1.82) is 0 Å². The minimum Gasteiger partial charge on any atom is -0.478 e. The number of carbonyl (C=O) groups is 1.